The van der Waals surface area contributed by atoms with Gasteiger partial charge in [-0.05, 0) is 60.0 Å². The molecule has 462 valence electrons. The Labute approximate surface area is 492 Å². The molecule has 12 N–H and O–H groups in total. The van der Waals surface area contributed by atoms with E-state index in [-0.39, 0.29) is 105 Å². The largest absolute Gasteiger partial charge is 0.512 e. The zero-order valence-electron chi connectivity index (χ0n) is 45.9. The van der Waals surface area contributed by atoms with E-state index in [0.717, 1.165) is 11.9 Å². The molecule has 3 amide bonds. The molecule has 1 saturated heterocycles. The fraction of sp³-hybridized carbons (Fsp3) is 0.412. The molecule has 0 aliphatic carbocycles. The molecule has 0 saturated carbocycles. The first-order chi connectivity index (χ1) is 40.6. The van der Waals surface area contributed by atoms with Crippen LogP contribution in [0.1, 0.15) is 16.8 Å². The Hall–Kier alpha value is -7.61. The number of carbonyl (C=O) groups is 6. The van der Waals surface area contributed by atoms with E-state index < -0.39 is 74.3 Å². The number of aliphatic carboxylic acids is 3. The number of nitrogens with zero attached hydrogens (tertiary/aromatic N) is 7. The third kappa shape index (κ3) is 21.8. The summed E-state index contributed by atoms with van der Waals surface area (Å²) in [4.78, 5) is 89.1. The number of sulfonamides is 2. The van der Waals surface area contributed by atoms with E-state index in [9.17, 15) is 66.0 Å². The third-order valence-corrected chi connectivity index (χ3v) is 16.7. The molecule has 0 radical (unpaired) electrons. The van der Waals surface area contributed by atoms with Gasteiger partial charge in [0, 0.05) is 120 Å². The van der Waals surface area contributed by atoms with E-state index in [0.29, 0.717) is 60.7 Å². The van der Waals surface area contributed by atoms with Crippen LogP contribution in [0.25, 0.3) is 22.0 Å². The second-order valence-corrected chi connectivity index (χ2v) is 23.5. The topological polar surface area (TPSA) is 422 Å². The average molecular weight is 1250 g/mol. The van der Waals surface area contributed by atoms with Gasteiger partial charge < -0.3 is 46.7 Å². The normalized spacial score (nSPS) is 15.2. The predicted octanol–water partition coefficient (Wildman–Crippen LogP) is -0.499. The molecular weight excluding hydrogens is 1180 g/mol. The van der Waals surface area contributed by atoms with Crippen molar-refractivity contribution in [3.05, 3.63) is 103 Å². The Kier molecular flexibility index (Phi) is 25.5. The molecule has 1 aliphatic rings. The highest BCUT2D eigenvalue weighted by Crippen LogP contribution is 2.24. The first kappa shape index (κ1) is 66.5. The van der Waals surface area contributed by atoms with Crippen LogP contribution in [-0.2, 0) is 59.9 Å². The zero-order chi connectivity index (χ0) is 61.5. The smallest absolute Gasteiger partial charge is 0.323 e. The maximum absolute atomic E-state index is 13.5. The molecule has 1 aliphatic heterocycles. The lowest BCUT2D eigenvalue weighted by molar-refractivity contribution is -0.432. The highest BCUT2D eigenvalue weighted by atomic mass is 32.2. The molecule has 6 rings (SSSR count). The highest BCUT2D eigenvalue weighted by molar-refractivity contribution is 7.94. The number of aromatic nitrogens is 4. The summed E-state index contributed by atoms with van der Waals surface area (Å²) in [6, 6.07) is 12.7. The first-order valence-corrected chi connectivity index (χ1v) is 30.3. The van der Waals surface area contributed by atoms with Crippen LogP contribution in [0.3, 0.4) is 0 Å². The van der Waals surface area contributed by atoms with E-state index in [1.807, 2.05) is 4.90 Å². The second-order valence-electron chi connectivity index (χ2n) is 19.3. The lowest BCUT2D eigenvalue weighted by Crippen LogP contribution is -2.53. The van der Waals surface area contributed by atoms with Crippen molar-refractivity contribution in [2.45, 2.75) is 34.8 Å². The number of imidazole rings is 1. The Balaban J connectivity index is 0.976. The van der Waals surface area contributed by atoms with Gasteiger partial charge in [0.25, 0.3) is 5.91 Å². The van der Waals surface area contributed by atoms with E-state index in [2.05, 4.69) is 61.7 Å². The minimum absolute atomic E-state index is 0.0984. The molecule has 3 heterocycles. The molecular formula is C51H68N14O17S3. The van der Waals surface area contributed by atoms with Crippen LogP contribution in [0, 0.1) is 0 Å². The summed E-state index contributed by atoms with van der Waals surface area (Å²) in [5.74, 6) is -5.53. The van der Waals surface area contributed by atoms with Crippen LogP contribution in [0.5, 0.6) is 0 Å². The molecule has 0 spiro atoms. The van der Waals surface area contributed by atoms with E-state index in [1.165, 1.54) is 48.5 Å². The second kappa shape index (κ2) is 32.6. The number of carbonyl (C=O) groups excluding carboxylic acids is 3. The van der Waals surface area contributed by atoms with Crippen LogP contribution in [0.2, 0.25) is 0 Å². The number of hydrogen-bond donors (Lipinski definition) is 12. The van der Waals surface area contributed by atoms with Crippen molar-refractivity contribution in [2.75, 3.05) is 116 Å². The third-order valence-electron chi connectivity index (χ3n) is 13.1. The van der Waals surface area contributed by atoms with Crippen LogP contribution in [0.4, 0.5) is 5.95 Å². The maximum Gasteiger partial charge on any atom is 0.323 e. The van der Waals surface area contributed by atoms with E-state index in [4.69, 9.17) is 5.26 Å². The summed E-state index contributed by atoms with van der Waals surface area (Å²) in [6.45, 7) is 4.61. The van der Waals surface area contributed by atoms with Crippen molar-refractivity contribution >= 4 is 84.6 Å². The van der Waals surface area contributed by atoms with Gasteiger partial charge in [-0.2, -0.15) is 9.82 Å². The number of aliphatic hydroxyl groups excluding tert-OH is 1. The van der Waals surface area contributed by atoms with E-state index in [1.54, 1.807) is 56.2 Å². The van der Waals surface area contributed by atoms with Crippen LogP contribution in [-0.4, -0.2) is 240 Å². The lowest BCUT2D eigenvalue weighted by atomic mass is 10.1. The van der Waals surface area contributed by atoms with Gasteiger partial charge in [-0.15, -0.1) is 4.33 Å². The molecule has 5 aromatic rings. The van der Waals surface area contributed by atoms with Gasteiger partial charge in [0.1, 0.15) is 12.1 Å². The number of aliphatic hydroxyl groups is 1. The molecule has 34 heteroatoms. The summed E-state index contributed by atoms with van der Waals surface area (Å²) < 4.78 is 64.0. The fourth-order valence-corrected chi connectivity index (χ4v) is 11.5. The van der Waals surface area contributed by atoms with Gasteiger partial charge in [-0.3, -0.25) is 53.0 Å². The Morgan fingerprint density at radius 3 is 1.82 bits per heavy atom. The minimum atomic E-state index is -4.44. The number of carboxylic acid groups (broad SMARTS) is 3. The van der Waals surface area contributed by atoms with Crippen LogP contribution >= 0.6 is 12.0 Å². The number of benzene rings is 3. The molecule has 0 bridgehead atoms. The number of rotatable bonds is 32. The van der Waals surface area contributed by atoms with Crippen molar-refractivity contribution in [3.63, 3.8) is 0 Å². The SMILES string of the molecule is C=C(O)CN1CCN(CC(=O)O)CCN(CC(=O)NC(CSOOO)C(=O)NCCNS(=O)(=O)c2ccc(-c3ccc(S(=O)(=O)N[C@@H](CNC(=O)c4ccc5c(cnn5CCCNc5ncc[nH]5)c4)C(=O)O)cc3)cc2)CCN(CC(=O)O)CC1. The van der Waals surface area contributed by atoms with Gasteiger partial charge in [0.15, 0.2) is 5.95 Å². The fourth-order valence-electron chi connectivity index (χ4n) is 8.76. The number of nitrogens with one attached hydrogen (secondary N) is 7. The number of fused-ring (bicyclic) bond motifs is 1. The van der Waals surface area contributed by atoms with Crippen LogP contribution < -0.4 is 30.7 Å². The number of aryl methyl sites for hydroxylation is 1. The maximum atomic E-state index is 13.5. The summed E-state index contributed by atoms with van der Waals surface area (Å²) in [5.41, 5.74) is 1.94. The number of amides is 3. The van der Waals surface area contributed by atoms with Gasteiger partial charge in [0.05, 0.1) is 59.2 Å². The Bertz CT molecular complexity index is 3250. The lowest BCUT2D eigenvalue weighted by Gasteiger charge is -2.33. The van der Waals surface area contributed by atoms with Crippen molar-refractivity contribution in [1.29, 1.82) is 0 Å². The average Bonchev–Trinajstić information content (AvgIpc) is 4.34. The van der Waals surface area contributed by atoms with Gasteiger partial charge in [0.2, 0.25) is 31.9 Å². The molecule has 2 atom stereocenters. The minimum Gasteiger partial charge on any atom is -0.512 e. The number of aromatic amines is 1. The Morgan fingerprint density at radius 2 is 1.28 bits per heavy atom. The van der Waals surface area contributed by atoms with Crippen molar-refractivity contribution in [3.8, 4) is 11.1 Å². The van der Waals surface area contributed by atoms with Crippen LogP contribution in [0.15, 0.2) is 107 Å². The monoisotopic (exact) mass is 1240 g/mol. The van der Waals surface area contributed by atoms with E-state index >= 15 is 0 Å². The van der Waals surface area contributed by atoms with Gasteiger partial charge in [-0.1, -0.05) is 35.9 Å². The highest BCUT2D eigenvalue weighted by Gasteiger charge is 2.28. The predicted molar refractivity (Wildman–Crippen MR) is 308 cm³/mol. The van der Waals surface area contributed by atoms with Crippen molar-refractivity contribution in [2.24, 2.45) is 0 Å². The molecule has 85 heavy (non-hydrogen) atoms. The molecule has 31 nitrogen and oxygen atoms in total. The standard InChI is InChI=1S/C51H68N14O17S3/c1-35(66)30-61-19-23-63(32-46(68)69)25-21-62(22-26-64(24-20-61)33-47(70)71)31-45(67)59-43(34-83-82-81-76)49(73)52-16-17-58-84(77,78)40-8-3-36(4-9-40)37-5-10-41(11-6-37)85(79,80)60-42(50(74)75)29-56-48(72)38-7-12-44-39(27-38)28-57-65(44)18-2-13-53-51-54-14-15-55-51/h3-12,14-15,27-28,42-43,58,60,66,76H,1-2,13,16-26,29-34H2,(H,52,73)(H,56,72)(H,59,67)(H,68,69)(H,70,71)(H,74,75)(H2,53,54,55)/t42-,43?/m0/s1. The summed E-state index contributed by atoms with van der Waals surface area (Å²) in [5, 5.41) is 67.0. The first-order valence-electron chi connectivity index (χ1n) is 26.4. The van der Waals surface area contributed by atoms with Gasteiger partial charge in [-0.25, -0.2) is 31.8 Å². The number of carboxylic acids is 3. The Morgan fingerprint density at radius 1 is 0.706 bits per heavy atom. The molecule has 1 fully saturated rings. The molecule has 3 aromatic carbocycles. The molecule has 1 unspecified atom stereocenters. The summed E-state index contributed by atoms with van der Waals surface area (Å²) in [6.07, 6.45) is 5.68. The quantitative estimate of drug-likeness (QED) is 0.00849. The van der Waals surface area contributed by atoms with Crippen molar-refractivity contribution in [1.82, 2.24) is 64.7 Å². The van der Waals surface area contributed by atoms with Gasteiger partial charge >= 0.3 is 17.9 Å². The summed E-state index contributed by atoms with van der Waals surface area (Å²) in [7, 11) is -8.61. The van der Waals surface area contributed by atoms with Crippen molar-refractivity contribution < 1.29 is 80.7 Å². The number of H-pyrrole nitrogens is 1. The zero-order valence-corrected chi connectivity index (χ0v) is 48.3. The number of anilines is 1. The number of hydrogen-bond acceptors (Lipinski definition) is 22. The molecule has 2 aromatic heterocycles. The summed E-state index contributed by atoms with van der Waals surface area (Å²) >= 11 is 0.470.